The number of carbonyl (C=O) groups is 4. The molecule has 16 heteroatoms. The second kappa shape index (κ2) is 14.4. The molecule has 1 saturated heterocycles. The summed E-state index contributed by atoms with van der Waals surface area (Å²) in [6, 6.07) is 7.79. The zero-order valence-corrected chi connectivity index (χ0v) is 29.4. The molecule has 49 heavy (non-hydrogen) atoms. The van der Waals surface area contributed by atoms with Crippen LogP contribution < -0.4 is 10.6 Å². The van der Waals surface area contributed by atoms with Gasteiger partial charge in [-0.05, 0) is 83.4 Å². The fourth-order valence-corrected chi connectivity index (χ4v) is 6.17. The molecule has 266 valence electrons. The number of alkyl halides is 3. The topological polar surface area (TPSA) is 133 Å². The number of piperidine rings is 1. The molecule has 0 aliphatic carbocycles. The molecular formula is C33H39BrF4N6O5. The number of nitrogens with zero attached hydrogens (tertiary/aromatic N) is 4. The molecule has 1 fully saturated rings. The van der Waals surface area contributed by atoms with E-state index in [0.29, 0.717) is 20.7 Å². The molecule has 4 amide bonds. The van der Waals surface area contributed by atoms with Crippen molar-refractivity contribution in [3.8, 4) is 0 Å². The van der Waals surface area contributed by atoms with Gasteiger partial charge in [-0.3, -0.25) is 19.4 Å². The quantitative estimate of drug-likeness (QED) is 0.331. The number of hydrogen-bond donors (Lipinski definition) is 2. The second-order valence-corrected chi connectivity index (χ2v) is 14.5. The van der Waals surface area contributed by atoms with E-state index in [4.69, 9.17) is 4.74 Å². The number of rotatable bonds is 10. The van der Waals surface area contributed by atoms with E-state index in [1.165, 1.54) is 43.1 Å². The molecule has 2 aliphatic heterocycles. The summed E-state index contributed by atoms with van der Waals surface area (Å²) in [5.74, 6) is -2.76. The van der Waals surface area contributed by atoms with Crippen LogP contribution in [-0.2, 0) is 32.0 Å². The monoisotopic (exact) mass is 754 g/mol. The van der Waals surface area contributed by atoms with Crippen molar-refractivity contribution in [2.75, 3.05) is 19.6 Å². The summed E-state index contributed by atoms with van der Waals surface area (Å²) in [6.07, 6.45) is -4.08. The van der Waals surface area contributed by atoms with Crippen LogP contribution in [-0.4, -0.2) is 87.4 Å². The van der Waals surface area contributed by atoms with Crippen LogP contribution in [0.5, 0.6) is 0 Å². The van der Waals surface area contributed by atoms with E-state index in [2.05, 4.69) is 36.6 Å². The minimum absolute atomic E-state index is 0.000471. The highest BCUT2D eigenvalue weighted by Crippen LogP contribution is 2.39. The molecule has 2 atom stereocenters. The fourth-order valence-electron chi connectivity index (χ4n) is 5.73. The molecule has 11 nitrogen and oxygen atoms in total. The molecule has 2 N–H and O–H groups in total. The maximum Gasteiger partial charge on any atom is 0.408 e. The molecular weight excluding hydrogens is 716 g/mol. The second-order valence-electron chi connectivity index (χ2n) is 13.7. The van der Waals surface area contributed by atoms with Crippen molar-refractivity contribution >= 4 is 45.5 Å². The van der Waals surface area contributed by atoms with Crippen LogP contribution in [0.2, 0.25) is 0 Å². The van der Waals surface area contributed by atoms with Gasteiger partial charge < -0.3 is 20.3 Å². The number of fused-ring (bicyclic) bond motifs is 1. The number of pyridine rings is 1. The highest BCUT2D eigenvalue weighted by atomic mass is 79.9. The van der Waals surface area contributed by atoms with E-state index >= 15 is 0 Å². The van der Waals surface area contributed by atoms with Crippen LogP contribution in [0.3, 0.4) is 0 Å². The summed E-state index contributed by atoms with van der Waals surface area (Å²) in [4.78, 5) is 59.8. The van der Waals surface area contributed by atoms with Crippen molar-refractivity contribution < 1.29 is 41.5 Å². The van der Waals surface area contributed by atoms with Crippen LogP contribution in [0, 0.1) is 11.2 Å². The minimum Gasteiger partial charge on any atom is -0.444 e. The van der Waals surface area contributed by atoms with Gasteiger partial charge in [0.1, 0.15) is 35.0 Å². The molecule has 4 rings (SSSR count). The first kappa shape index (κ1) is 37.7. The SMILES string of the molecule is CC(C)(C)OC(=O)NC(C)(C)C(=O)NC(CCc1cc(F)ccc1Br)C(=O)N1CCC2=NN(CC(F)(F)F)C(=O)[C@]2(Cc2ccccn2)C1. The lowest BCUT2D eigenvalue weighted by molar-refractivity contribution is -0.164. The van der Waals surface area contributed by atoms with Gasteiger partial charge in [0.2, 0.25) is 11.8 Å². The number of nitrogens with one attached hydrogen (secondary N) is 2. The predicted octanol–water partition coefficient (Wildman–Crippen LogP) is 4.93. The Morgan fingerprint density at radius 2 is 1.82 bits per heavy atom. The zero-order valence-electron chi connectivity index (χ0n) is 27.8. The Kier molecular flexibility index (Phi) is 11.1. The van der Waals surface area contributed by atoms with Crippen molar-refractivity contribution in [3.05, 3.63) is 64.1 Å². The summed E-state index contributed by atoms with van der Waals surface area (Å²) in [6.45, 7) is 5.93. The van der Waals surface area contributed by atoms with E-state index in [9.17, 15) is 36.7 Å². The van der Waals surface area contributed by atoms with Crippen LogP contribution in [0.4, 0.5) is 22.4 Å². The summed E-state index contributed by atoms with van der Waals surface area (Å²) in [7, 11) is 0. The lowest BCUT2D eigenvalue weighted by Crippen LogP contribution is -2.62. The van der Waals surface area contributed by atoms with E-state index in [-0.39, 0.29) is 44.5 Å². The van der Waals surface area contributed by atoms with Crippen LogP contribution in [0.15, 0.2) is 52.2 Å². The van der Waals surface area contributed by atoms with Crippen molar-refractivity contribution in [1.82, 2.24) is 25.5 Å². The standard InChI is InChI=1S/C33H39BrF4N6O5/c1-30(2,3)49-29(48)41-31(4,5)27(46)40-24(12-9-20-16-21(35)10-11-23(20)34)26(45)43-15-13-25-32(18-43,17-22-8-6-7-14-39-22)28(47)44(42-25)19-33(36,37)38/h6-8,10-11,14,16,24H,9,12-13,15,17-19H2,1-5H3,(H,40,46)(H,41,48)/t24?,32-/m1/s1. The Bertz CT molecular complexity index is 1610. The van der Waals surface area contributed by atoms with Crippen molar-refractivity contribution in [2.45, 2.75) is 83.7 Å². The first-order chi connectivity index (χ1) is 22.7. The van der Waals surface area contributed by atoms with E-state index in [1.807, 2.05) is 0 Å². The van der Waals surface area contributed by atoms with Gasteiger partial charge in [0, 0.05) is 42.3 Å². The average molecular weight is 756 g/mol. The van der Waals surface area contributed by atoms with E-state index in [0.717, 1.165) is 0 Å². The molecule has 3 heterocycles. The first-order valence-corrected chi connectivity index (χ1v) is 16.4. The summed E-state index contributed by atoms with van der Waals surface area (Å²) < 4.78 is 60.3. The summed E-state index contributed by atoms with van der Waals surface area (Å²) in [5.41, 5.74) is -2.87. The number of alkyl carbamates (subject to hydrolysis) is 1. The van der Waals surface area contributed by atoms with Gasteiger partial charge in [0.25, 0.3) is 5.91 Å². The minimum atomic E-state index is -4.71. The number of aromatic nitrogens is 1. The number of benzene rings is 1. The third-order valence-electron chi connectivity index (χ3n) is 8.06. The normalized spacial score (nSPS) is 18.8. The zero-order chi connectivity index (χ0) is 36.4. The average Bonchev–Trinajstić information content (AvgIpc) is 3.24. The summed E-state index contributed by atoms with van der Waals surface area (Å²) >= 11 is 3.38. The third-order valence-corrected chi connectivity index (χ3v) is 8.83. The van der Waals surface area contributed by atoms with Crippen molar-refractivity contribution in [2.24, 2.45) is 10.5 Å². The molecule has 0 spiro atoms. The van der Waals surface area contributed by atoms with E-state index < -0.39 is 64.9 Å². The number of amides is 4. The Morgan fingerprint density at radius 3 is 2.45 bits per heavy atom. The Labute approximate surface area is 289 Å². The van der Waals surface area contributed by atoms with Gasteiger partial charge in [-0.25, -0.2) is 14.2 Å². The highest BCUT2D eigenvalue weighted by Gasteiger charge is 2.56. The van der Waals surface area contributed by atoms with Crippen LogP contribution in [0.1, 0.15) is 58.7 Å². The lowest BCUT2D eigenvalue weighted by Gasteiger charge is -2.41. The lowest BCUT2D eigenvalue weighted by atomic mass is 9.74. The molecule has 2 aromatic rings. The van der Waals surface area contributed by atoms with Gasteiger partial charge in [0.15, 0.2) is 0 Å². The smallest absolute Gasteiger partial charge is 0.408 e. The molecule has 2 aliphatic rings. The molecule has 1 aromatic heterocycles. The Hall–Kier alpha value is -4.08. The number of aryl methyl sites for hydroxylation is 1. The number of hydrazone groups is 1. The van der Waals surface area contributed by atoms with Crippen molar-refractivity contribution in [3.63, 3.8) is 0 Å². The largest absolute Gasteiger partial charge is 0.444 e. The maximum atomic E-state index is 14.3. The van der Waals surface area contributed by atoms with Crippen molar-refractivity contribution in [1.29, 1.82) is 0 Å². The first-order valence-electron chi connectivity index (χ1n) is 15.6. The molecule has 0 bridgehead atoms. The molecule has 0 saturated carbocycles. The van der Waals surface area contributed by atoms with Gasteiger partial charge in [-0.1, -0.05) is 22.0 Å². The van der Waals surface area contributed by atoms with E-state index in [1.54, 1.807) is 39.0 Å². The number of likely N-dealkylation sites (tertiary alicyclic amines) is 1. The number of ether oxygens (including phenoxy) is 1. The summed E-state index contributed by atoms with van der Waals surface area (Å²) in [5, 5.41) is 9.67. The maximum absolute atomic E-state index is 14.3. The van der Waals surface area contributed by atoms with Gasteiger partial charge in [-0.2, -0.15) is 18.3 Å². The molecule has 1 aromatic carbocycles. The van der Waals surface area contributed by atoms with Gasteiger partial charge >= 0.3 is 12.3 Å². The predicted molar refractivity (Wildman–Crippen MR) is 175 cm³/mol. The highest BCUT2D eigenvalue weighted by molar-refractivity contribution is 9.10. The van der Waals surface area contributed by atoms with Gasteiger partial charge in [0.05, 0.1) is 5.71 Å². The Balaban J connectivity index is 1.63. The molecule has 0 radical (unpaired) electrons. The van der Waals surface area contributed by atoms with Crippen LogP contribution >= 0.6 is 15.9 Å². The van der Waals surface area contributed by atoms with Gasteiger partial charge in [-0.15, -0.1) is 0 Å². The third kappa shape index (κ3) is 9.55. The Morgan fingerprint density at radius 1 is 1.10 bits per heavy atom. The fraction of sp³-hybridized carbons (Fsp3) is 0.515. The molecule has 1 unspecified atom stereocenters. The number of halogens is 5. The van der Waals surface area contributed by atoms with Crippen LogP contribution in [0.25, 0.3) is 0 Å². The number of hydrogen-bond acceptors (Lipinski definition) is 7. The number of carbonyl (C=O) groups excluding carboxylic acids is 4.